The fourth-order valence-electron chi connectivity index (χ4n) is 6.19. The highest BCUT2D eigenvalue weighted by molar-refractivity contribution is 6.07. The third-order valence-electron chi connectivity index (χ3n) is 9.22. The summed E-state index contributed by atoms with van der Waals surface area (Å²) in [5.74, 6) is -0.0204. The number of aliphatic hydroxyl groups is 1. The first-order valence-electron chi connectivity index (χ1n) is 17.7. The van der Waals surface area contributed by atoms with Crippen LogP contribution in [0.5, 0.6) is 5.75 Å². The van der Waals surface area contributed by atoms with Crippen LogP contribution < -0.4 is 15.4 Å². The molecule has 1 aliphatic rings. The molecule has 3 N–H and O–H groups in total. The van der Waals surface area contributed by atoms with Gasteiger partial charge >= 0.3 is 6.03 Å². The van der Waals surface area contributed by atoms with Gasteiger partial charge in [-0.1, -0.05) is 43.3 Å². The van der Waals surface area contributed by atoms with Crippen LogP contribution in [0.1, 0.15) is 63.2 Å². The summed E-state index contributed by atoms with van der Waals surface area (Å²) in [6.45, 7) is 7.58. The van der Waals surface area contributed by atoms with Crippen molar-refractivity contribution in [2.24, 2.45) is 5.92 Å². The molecule has 3 aromatic carbocycles. The van der Waals surface area contributed by atoms with Gasteiger partial charge in [-0.2, -0.15) is 0 Å². The van der Waals surface area contributed by atoms with Crippen molar-refractivity contribution < 1.29 is 29.0 Å². The van der Waals surface area contributed by atoms with E-state index in [0.717, 1.165) is 43.0 Å². The highest BCUT2D eigenvalue weighted by atomic mass is 16.5. The molecule has 0 saturated carbocycles. The molecule has 4 rings (SSSR count). The predicted molar refractivity (Wildman–Crippen MR) is 199 cm³/mol. The number of ether oxygens (including phenoxy) is 2. The molecule has 3 aromatic rings. The van der Waals surface area contributed by atoms with Crippen molar-refractivity contribution in [1.82, 2.24) is 14.7 Å². The fourth-order valence-corrected chi connectivity index (χ4v) is 6.19. The third kappa shape index (κ3) is 10.9. The van der Waals surface area contributed by atoms with Crippen molar-refractivity contribution >= 4 is 40.0 Å². The molecule has 11 nitrogen and oxygen atoms in total. The molecular weight excluding hydrogens is 634 g/mol. The quantitative estimate of drug-likeness (QED) is 0.236. The third-order valence-corrected chi connectivity index (χ3v) is 9.22. The van der Waals surface area contributed by atoms with Gasteiger partial charge in [-0.15, -0.1) is 0 Å². The van der Waals surface area contributed by atoms with Gasteiger partial charge < -0.3 is 39.9 Å². The minimum absolute atomic E-state index is 0.0585. The van der Waals surface area contributed by atoms with Crippen molar-refractivity contribution in [2.75, 3.05) is 64.6 Å². The van der Waals surface area contributed by atoms with Gasteiger partial charge in [0.05, 0.1) is 36.1 Å². The van der Waals surface area contributed by atoms with Crippen molar-refractivity contribution in [3.05, 3.63) is 66.2 Å². The Hall–Kier alpha value is -4.19. The van der Waals surface area contributed by atoms with Gasteiger partial charge in [-0.25, -0.2) is 4.79 Å². The molecule has 0 saturated heterocycles. The van der Waals surface area contributed by atoms with E-state index in [9.17, 15) is 19.5 Å². The largest absolute Gasteiger partial charge is 0.490 e. The van der Waals surface area contributed by atoms with E-state index in [4.69, 9.17) is 9.47 Å². The summed E-state index contributed by atoms with van der Waals surface area (Å²) in [7, 11) is 5.79. The van der Waals surface area contributed by atoms with Crippen molar-refractivity contribution in [1.29, 1.82) is 0 Å². The normalized spacial score (nSPS) is 19.6. The number of likely N-dealkylation sites (N-methyl/N-ethyl adjacent to an activating group) is 1. The highest BCUT2D eigenvalue weighted by Crippen LogP contribution is 2.29. The maximum atomic E-state index is 14.4. The number of nitrogens with one attached hydrogen (secondary N) is 2. The van der Waals surface area contributed by atoms with Crippen LogP contribution in [-0.2, 0) is 9.53 Å². The molecule has 0 unspecified atom stereocenters. The topological polar surface area (TPSA) is 124 Å². The van der Waals surface area contributed by atoms with Crippen LogP contribution in [0.3, 0.4) is 0 Å². The summed E-state index contributed by atoms with van der Waals surface area (Å²) >= 11 is 0. The fraction of sp³-hybridized carbons (Fsp3) is 0.513. The number of rotatable bonds is 10. The SMILES string of the molecule is C[C@@H]1CCCCO[C@@H](CN(C)C(=O)CCCN(C)C)[C@H](C)CN([C@@H](C)CO)C(=O)c2cc(NC(=O)Nc3cccc4ccccc34)ccc2O1. The van der Waals surface area contributed by atoms with Gasteiger partial charge in [0.2, 0.25) is 5.91 Å². The number of benzene rings is 3. The maximum Gasteiger partial charge on any atom is 0.323 e. The minimum Gasteiger partial charge on any atom is -0.490 e. The molecule has 0 radical (unpaired) electrons. The van der Waals surface area contributed by atoms with Crippen LogP contribution in [0.2, 0.25) is 0 Å². The number of carbonyl (C=O) groups is 3. The van der Waals surface area contributed by atoms with E-state index in [-0.39, 0.29) is 48.7 Å². The molecular formula is C39H55N5O6. The van der Waals surface area contributed by atoms with Crippen LogP contribution in [-0.4, -0.2) is 110 Å². The number of urea groups is 1. The lowest BCUT2D eigenvalue weighted by Crippen LogP contribution is -2.48. The zero-order valence-corrected chi connectivity index (χ0v) is 30.5. The van der Waals surface area contributed by atoms with E-state index >= 15 is 0 Å². The zero-order chi connectivity index (χ0) is 36.2. The average Bonchev–Trinajstić information content (AvgIpc) is 3.09. The summed E-state index contributed by atoms with van der Waals surface area (Å²) in [4.78, 5) is 46.1. The molecule has 0 bridgehead atoms. The van der Waals surface area contributed by atoms with Gasteiger partial charge in [0, 0.05) is 50.2 Å². The summed E-state index contributed by atoms with van der Waals surface area (Å²) in [5, 5.41) is 18.0. The van der Waals surface area contributed by atoms with Crippen LogP contribution >= 0.6 is 0 Å². The van der Waals surface area contributed by atoms with Crippen molar-refractivity contribution in [3.8, 4) is 5.75 Å². The van der Waals surface area contributed by atoms with E-state index in [2.05, 4.69) is 15.5 Å². The standard InChI is InChI=1S/C39H55N5O6/c1-27-24-44(28(2)26-45)38(47)33-23-31(40-39(48)41-34-17-11-15-30-14-7-8-16-32(30)34)19-20-35(33)50-29(3)13-9-10-22-49-36(27)25-43(6)37(46)18-12-21-42(4)5/h7-8,11,14-17,19-20,23,27-29,36,45H,9-10,12-13,18,21-22,24-26H2,1-6H3,(H2,40,41,48)/t27-,28+,29-,36+/m1/s1. The number of fused-ring (bicyclic) bond motifs is 2. The van der Waals surface area contributed by atoms with Crippen molar-refractivity contribution in [3.63, 3.8) is 0 Å². The van der Waals surface area contributed by atoms with E-state index in [0.29, 0.717) is 36.7 Å². The maximum absolute atomic E-state index is 14.4. The number of carbonyl (C=O) groups excluding carboxylic acids is 3. The number of amides is 4. The van der Waals surface area contributed by atoms with Crippen molar-refractivity contribution in [2.45, 2.75) is 71.1 Å². The van der Waals surface area contributed by atoms with Crippen LogP contribution in [0, 0.1) is 5.92 Å². The molecule has 4 amide bonds. The number of hydrogen-bond acceptors (Lipinski definition) is 7. The lowest BCUT2D eigenvalue weighted by atomic mass is 10.0. The number of hydrogen-bond donors (Lipinski definition) is 3. The Morgan fingerprint density at radius 1 is 1.02 bits per heavy atom. The van der Waals surface area contributed by atoms with Crippen LogP contribution in [0.15, 0.2) is 60.7 Å². The van der Waals surface area contributed by atoms with Crippen LogP contribution in [0.4, 0.5) is 16.2 Å². The minimum atomic E-state index is -0.513. The molecule has 1 heterocycles. The molecule has 0 fully saturated rings. The number of anilines is 2. The second kappa shape index (κ2) is 18.7. The lowest BCUT2D eigenvalue weighted by molar-refractivity contribution is -0.132. The Morgan fingerprint density at radius 2 is 1.78 bits per heavy atom. The summed E-state index contributed by atoms with van der Waals surface area (Å²) in [6.07, 6.45) is 3.18. The number of aliphatic hydroxyl groups excluding tert-OH is 1. The Kier molecular flexibility index (Phi) is 14.4. The first kappa shape index (κ1) is 38.6. The monoisotopic (exact) mass is 689 g/mol. The molecule has 50 heavy (non-hydrogen) atoms. The van der Waals surface area contributed by atoms with Crippen LogP contribution in [0.25, 0.3) is 10.8 Å². The molecule has 0 spiro atoms. The van der Waals surface area contributed by atoms with Gasteiger partial charge in [-0.05, 0) is 89.8 Å². The van der Waals surface area contributed by atoms with E-state index in [1.807, 2.05) is 70.4 Å². The van der Waals surface area contributed by atoms with E-state index in [1.165, 1.54) is 0 Å². The van der Waals surface area contributed by atoms with Gasteiger partial charge in [0.1, 0.15) is 5.75 Å². The predicted octanol–water partition coefficient (Wildman–Crippen LogP) is 6.08. The van der Waals surface area contributed by atoms with Gasteiger partial charge in [0.25, 0.3) is 5.91 Å². The second-order valence-corrected chi connectivity index (χ2v) is 13.8. The second-order valence-electron chi connectivity index (χ2n) is 13.8. The molecule has 0 aromatic heterocycles. The molecule has 11 heteroatoms. The molecule has 272 valence electrons. The molecule has 4 atom stereocenters. The average molecular weight is 690 g/mol. The summed E-state index contributed by atoms with van der Waals surface area (Å²) in [5.41, 5.74) is 1.38. The van der Waals surface area contributed by atoms with E-state index in [1.54, 1.807) is 42.0 Å². The summed E-state index contributed by atoms with van der Waals surface area (Å²) in [6, 6.07) is 17.6. The first-order valence-corrected chi connectivity index (χ1v) is 17.7. The number of nitrogens with zero attached hydrogens (tertiary/aromatic N) is 3. The van der Waals surface area contributed by atoms with Gasteiger partial charge in [0.15, 0.2) is 0 Å². The molecule has 1 aliphatic heterocycles. The van der Waals surface area contributed by atoms with E-state index < -0.39 is 12.1 Å². The smallest absolute Gasteiger partial charge is 0.323 e. The first-order chi connectivity index (χ1) is 24.0. The summed E-state index contributed by atoms with van der Waals surface area (Å²) < 4.78 is 12.7. The Labute approximate surface area is 296 Å². The molecule has 0 aliphatic carbocycles. The highest BCUT2D eigenvalue weighted by Gasteiger charge is 2.31. The lowest BCUT2D eigenvalue weighted by Gasteiger charge is -2.36. The Balaban J connectivity index is 1.58. The van der Waals surface area contributed by atoms with Gasteiger partial charge in [-0.3, -0.25) is 9.59 Å². The zero-order valence-electron chi connectivity index (χ0n) is 30.5. The Bertz CT molecular complexity index is 1580. The Morgan fingerprint density at radius 3 is 2.54 bits per heavy atom.